The van der Waals surface area contributed by atoms with E-state index >= 15 is 0 Å². The highest BCUT2D eigenvalue weighted by molar-refractivity contribution is 7.20. The van der Waals surface area contributed by atoms with Crippen LogP contribution in [0.15, 0.2) is 95.1 Å². The second-order valence-electron chi connectivity index (χ2n) is 17.4. The van der Waals surface area contributed by atoms with Crippen molar-refractivity contribution in [2.45, 2.75) is 83.1 Å². The Bertz CT molecular complexity index is 2140. The SMILES string of the molecule is CC(C)(C)C1=CC(=c2/c(=c3\sc4ccccc4c3=C3C=C(C(C)(C)C)C(=O)C(C(C)(C)C)=C3)sc3ccccc23)C=C(C(C)(C)C)C1=O. The van der Waals surface area contributed by atoms with E-state index in [1.54, 1.807) is 0 Å². The Morgan fingerprint density at radius 2 is 0.688 bits per heavy atom. The summed E-state index contributed by atoms with van der Waals surface area (Å²) in [7, 11) is 0. The lowest BCUT2D eigenvalue weighted by Crippen LogP contribution is -2.29. The van der Waals surface area contributed by atoms with Gasteiger partial charge in [0, 0.05) is 52.9 Å². The number of fused-ring (bicyclic) bond motifs is 2. The van der Waals surface area contributed by atoms with Crippen LogP contribution < -0.4 is 10.4 Å². The Morgan fingerprint density at radius 3 is 0.958 bits per heavy atom. The molecule has 2 aromatic carbocycles. The predicted octanol–water partition coefficient (Wildman–Crippen LogP) is 10.8. The second-order valence-corrected chi connectivity index (χ2v) is 19.5. The van der Waals surface area contributed by atoms with Crippen LogP contribution in [-0.2, 0) is 9.59 Å². The van der Waals surface area contributed by atoms with Gasteiger partial charge in [0.25, 0.3) is 0 Å². The number of hydrogen-bond donors (Lipinski definition) is 0. The lowest BCUT2D eigenvalue weighted by molar-refractivity contribution is -0.114. The fraction of sp³-hybridized carbons (Fsp3) is 0.364. The fourth-order valence-corrected chi connectivity index (χ4v) is 9.35. The highest BCUT2D eigenvalue weighted by Gasteiger charge is 2.36. The van der Waals surface area contributed by atoms with Crippen LogP contribution in [0.2, 0.25) is 0 Å². The second kappa shape index (κ2) is 11.5. The summed E-state index contributed by atoms with van der Waals surface area (Å²) in [5, 5.41) is 4.73. The molecule has 0 N–H and O–H groups in total. The Labute approximate surface area is 293 Å². The summed E-state index contributed by atoms with van der Waals surface area (Å²) in [5.74, 6) is 0.286. The number of carbonyl (C=O) groups is 2. The topological polar surface area (TPSA) is 34.1 Å². The lowest BCUT2D eigenvalue weighted by atomic mass is 9.71. The first kappa shape index (κ1) is 34.3. The number of Topliss-reactive ketones (excluding diaryl/α,β-unsaturated/α-hetero) is 2. The van der Waals surface area contributed by atoms with E-state index in [4.69, 9.17) is 0 Å². The van der Waals surface area contributed by atoms with Crippen molar-refractivity contribution in [1.82, 2.24) is 0 Å². The van der Waals surface area contributed by atoms with E-state index in [0.29, 0.717) is 0 Å². The number of carbonyl (C=O) groups excluding carboxylic acids is 2. The normalized spacial score (nSPS) is 17.6. The van der Waals surface area contributed by atoms with Gasteiger partial charge in [-0.05, 0) is 69.2 Å². The van der Waals surface area contributed by atoms with Gasteiger partial charge in [-0.3, -0.25) is 9.59 Å². The summed E-state index contributed by atoms with van der Waals surface area (Å²) in [6.07, 6.45) is 8.63. The quantitative estimate of drug-likeness (QED) is 0.186. The molecule has 4 heteroatoms. The molecule has 0 spiro atoms. The minimum atomic E-state index is -0.311. The number of thiophene rings is 2. The first-order valence-electron chi connectivity index (χ1n) is 16.9. The van der Waals surface area contributed by atoms with E-state index in [9.17, 15) is 9.59 Å². The van der Waals surface area contributed by atoms with Crippen LogP contribution >= 0.6 is 22.7 Å². The Balaban J connectivity index is 1.97. The van der Waals surface area contributed by atoms with Crippen molar-refractivity contribution < 1.29 is 9.59 Å². The fourth-order valence-electron chi connectivity index (χ4n) is 6.76. The van der Waals surface area contributed by atoms with E-state index in [1.165, 1.54) is 39.7 Å². The van der Waals surface area contributed by atoms with Gasteiger partial charge in [0.1, 0.15) is 0 Å². The van der Waals surface area contributed by atoms with Gasteiger partial charge in [-0.1, -0.05) is 119 Å². The average Bonchev–Trinajstić information content (AvgIpc) is 3.54. The van der Waals surface area contributed by atoms with Crippen LogP contribution in [0, 0.1) is 30.7 Å². The van der Waals surface area contributed by atoms with Crippen LogP contribution in [0.25, 0.3) is 31.3 Å². The number of rotatable bonds is 0. The summed E-state index contributed by atoms with van der Waals surface area (Å²) >= 11 is 3.64. The van der Waals surface area contributed by atoms with Gasteiger partial charge in [-0.2, -0.15) is 0 Å². The molecule has 0 atom stereocenters. The molecule has 4 aromatic rings. The van der Waals surface area contributed by atoms with E-state index < -0.39 is 0 Å². The van der Waals surface area contributed by atoms with Crippen LogP contribution in [0.5, 0.6) is 0 Å². The molecule has 0 unspecified atom stereocenters. The summed E-state index contributed by atoms with van der Waals surface area (Å²) in [4.78, 5) is 28.0. The molecular formula is C44H48O2S2. The molecule has 0 saturated carbocycles. The van der Waals surface area contributed by atoms with Crippen molar-refractivity contribution in [1.29, 1.82) is 0 Å². The zero-order chi connectivity index (χ0) is 35.1. The van der Waals surface area contributed by atoms with Gasteiger partial charge in [0.15, 0.2) is 11.6 Å². The van der Waals surface area contributed by atoms with Gasteiger partial charge in [0.05, 0.1) is 9.06 Å². The molecule has 2 aliphatic carbocycles. The Kier molecular flexibility index (Phi) is 8.20. The molecule has 0 aliphatic heterocycles. The maximum absolute atomic E-state index is 14.0. The molecule has 2 heterocycles. The van der Waals surface area contributed by atoms with E-state index in [2.05, 4.69) is 156 Å². The van der Waals surface area contributed by atoms with Crippen molar-refractivity contribution in [2.24, 2.45) is 21.7 Å². The zero-order valence-electron chi connectivity index (χ0n) is 30.6. The number of ketones is 2. The molecule has 2 nitrogen and oxygen atoms in total. The van der Waals surface area contributed by atoms with Crippen molar-refractivity contribution in [2.75, 3.05) is 0 Å². The van der Waals surface area contributed by atoms with E-state index in [1.807, 2.05) is 22.7 Å². The minimum Gasteiger partial charge on any atom is -0.289 e. The van der Waals surface area contributed by atoms with E-state index in [-0.39, 0.29) is 33.2 Å². The average molecular weight is 673 g/mol. The molecular weight excluding hydrogens is 625 g/mol. The maximum atomic E-state index is 14.0. The number of allylic oxidation sites excluding steroid dienone is 8. The van der Waals surface area contributed by atoms with Gasteiger partial charge >= 0.3 is 0 Å². The third-order valence-electron chi connectivity index (χ3n) is 9.38. The van der Waals surface area contributed by atoms with Crippen molar-refractivity contribution >= 4 is 65.6 Å². The minimum absolute atomic E-state index is 0.143. The smallest absolute Gasteiger partial charge is 0.186 e. The third kappa shape index (κ3) is 5.96. The van der Waals surface area contributed by atoms with Gasteiger partial charge in [0.2, 0.25) is 0 Å². The maximum Gasteiger partial charge on any atom is 0.186 e. The van der Waals surface area contributed by atoms with Crippen LogP contribution in [-0.4, -0.2) is 11.6 Å². The number of hydrogen-bond acceptors (Lipinski definition) is 4. The third-order valence-corrected chi connectivity index (χ3v) is 11.9. The summed E-state index contributed by atoms with van der Waals surface area (Å²) in [6, 6.07) is 17.3. The standard InChI is InChI=1S/C44H48O2S2/c1-41(2,3)29-21-25(22-30(37(29)45)42(4,5)6)35-27-17-13-15-19-33(27)47-39(35)40-36(28-18-14-16-20-34(28)48-40)26-23-31(43(7,8)9)38(46)32(24-26)44(10,11)12/h13-24H,1-12H3/b40-39+. The molecule has 2 aromatic heterocycles. The monoisotopic (exact) mass is 672 g/mol. The number of benzene rings is 2. The Hall–Kier alpha value is -3.60. The highest BCUT2D eigenvalue weighted by atomic mass is 32.1. The predicted molar refractivity (Wildman–Crippen MR) is 208 cm³/mol. The largest absolute Gasteiger partial charge is 0.289 e. The van der Waals surface area contributed by atoms with Crippen molar-refractivity contribution in [3.05, 3.63) is 115 Å². The molecule has 6 rings (SSSR count). The molecule has 248 valence electrons. The van der Waals surface area contributed by atoms with E-state index in [0.717, 1.165) is 33.4 Å². The summed E-state index contributed by atoms with van der Waals surface area (Å²) < 4.78 is 4.83. The summed E-state index contributed by atoms with van der Waals surface area (Å²) in [5.41, 5.74) is 4.31. The van der Waals surface area contributed by atoms with Gasteiger partial charge < -0.3 is 0 Å². The van der Waals surface area contributed by atoms with Crippen molar-refractivity contribution in [3.63, 3.8) is 0 Å². The first-order chi connectivity index (χ1) is 22.2. The van der Waals surface area contributed by atoms with Crippen LogP contribution in [0.1, 0.15) is 83.1 Å². The first-order valence-corrected chi connectivity index (χ1v) is 18.6. The molecule has 0 radical (unpaired) electrons. The molecule has 48 heavy (non-hydrogen) atoms. The molecule has 2 aliphatic rings. The lowest BCUT2D eigenvalue weighted by Gasteiger charge is -2.31. The highest BCUT2D eigenvalue weighted by Crippen LogP contribution is 2.41. The molecule has 0 saturated heterocycles. The molecule has 0 bridgehead atoms. The van der Waals surface area contributed by atoms with Gasteiger partial charge in [-0.25, -0.2) is 0 Å². The van der Waals surface area contributed by atoms with Crippen molar-refractivity contribution in [3.8, 4) is 0 Å². The van der Waals surface area contributed by atoms with Crippen LogP contribution in [0.4, 0.5) is 0 Å². The van der Waals surface area contributed by atoms with Gasteiger partial charge in [-0.15, -0.1) is 22.7 Å². The summed E-state index contributed by atoms with van der Waals surface area (Å²) in [6.45, 7) is 25.6. The molecule has 0 amide bonds. The molecule has 0 fully saturated rings. The Morgan fingerprint density at radius 1 is 0.417 bits per heavy atom. The zero-order valence-corrected chi connectivity index (χ0v) is 32.2. The van der Waals surface area contributed by atoms with Crippen LogP contribution in [0.3, 0.4) is 0 Å².